The Labute approximate surface area is 200 Å². The van der Waals surface area contributed by atoms with Gasteiger partial charge < -0.3 is 20.1 Å². The van der Waals surface area contributed by atoms with E-state index in [-0.39, 0.29) is 24.4 Å². The molecule has 2 N–H and O–H groups in total. The maximum absolute atomic E-state index is 13.2. The second kappa shape index (κ2) is 10.9. The lowest BCUT2D eigenvalue weighted by Crippen LogP contribution is -2.34. The van der Waals surface area contributed by atoms with Crippen LogP contribution in [0.5, 0.6) is 0 Å². The molecule has 0 atom stereocenters. The van der Waals surface area contributed by atoms with E-state index in [9.17, 15) is 14.4 Å². The largest absolute Gasteiger partial charge is 0.460 e. The normalized spacial score (nSPS) is 11.1. The standard InChI is InChI=1S/C23H27N5O5S/c1-5-28-20(29)19(26-15-8-6-10-24-14-15)17(18(27-28)16-9-7-13-34-16)21(30)32-12-11-25-22(31)33-23(2,3)4/h6-10,13-14,26H,5,11-12H2,1-4H3,(H,25,31). The molecule has 3 rings (SSSR count). The van der Waals surface area contributed by atoms with E-state index >= 15 is 0 Å². The molecule has 10 nitrogen and oxygen atoms in total. The van der Waals surface area contributed by atoms with E-state index in [2.05, 4.69) is 20.7 Å². The van der Waals surface area contributed by atoms with Crippen LogP contribution < -0.4 is 16.2 Å². The molecule has 0 radical (unpaired) electrons. The Kier molecular flexibility index (Phi) is 8.00. The lowest BCUT2D eigenvalue weighted by molar-refractivity contribution is 0.0434. The number of amides is 1. The number of pyridine rings is 1. The molecule has 1 amide bonds. The molecular formula is C23H27N5O5S. The van der Waals surface area contributed by atoms with Gasteiger partial charge >= 0.3 is 12.1 Å². The minimum Gasteiger partial charge on any atom is -0.460 e. The molecule has 0 spiro atoms. The van der Waals surface area contributed by atoms with Gasteiger partial charge in [-0.1, -0.05) is 6.07 Å². The van der Waals surface area contributed by atoms with Gasteiger partial charge in [0, 0.05) is 12.7 Å². The summed E-state index contributed by atoms with van der Waals surface area (Å²) in [5.41, 5.74) is -0.195. The fraction of sp³-hybridized carbons (Fsp3) is 0.348. The lowest BCUT2D eigenvalue weighted by atomic mass is 10.1. The monoisotopic (exact) mass is 485 g/mol. The Balaban J connectivity index is 1.90. The quantitative estimate of drug-likeness (QED) is 0.365. The summed E-state index contributed by atoms with van der Waals surface area (Å²) in [4.78, 5) is 42.9. The second-order valence-corrected chi connectivity index (χ2v) is 9.08. The number of aryl methyl sites for hydroxylation is 1. The number of rotatable bonds is 8. The summed E-state index contributed by atoms with van der Waals surface area (Å²) in [5, 5.41) is 11.8. The fourth-order valence-corrected chi connectivity index (χ4v) is 3.66. The third kappa shape index (κ3) is 6.41. The van der Waals surface area contributed by atoms with Gasteiger partial charge in [-0.15, -0.1) is 11.3 Å². The van der Waals surface area contributed by atoms with Crippen LogP contribution in [0.3, 0.4) is 0 Å². The van der Waals surface area contributed by atoms with Crippen LogP contribution in [0, 0.1) is 0 Å². The van der Waals surface area contributed by atoms with Crippen molar-refractivity contribution in [3.8, 4) is 10.6 Å². The van der Waals surface area contributed by atoms with Crippen LogP contribution in [0.1, 0.15) is 38.1 Å². The first-order valence-electron chi connectivity index (χ1n) is 10.7. The number of nitrogens with zero attached hydrogens (tertiary/aromatic N) is 3. The van der Waals surface area contributed by atoms with Crippen LogP contribution in [0.25, 0.3) is 10.6 Å². The van der Waals surface area contributed by atoms with Gasteiger partial charge in [0.15, 0.2) is 0 Å². The molecule has 0 bridgehead atoms. The summed E-state index contributed by atoms with van der Waals surface area (Å²) in [6.45, 7) is 7.28. The van der Waals surface area contributed by atoms with Gasteiger partial charge in [-0.25, -0.2) is 14.3 Å². The van der Waals surface area contributed by atoms with Gasteiger partial charge in [0.1, 0.15) is 29.2 Å². The van der Waals surface area contributed by atoms with Crippen LogP contribution in [-0.2, 0) is 16.0 Å². The van der Waals surface area contributed by atoms with Gasteiger partial charge in [0.25, 0.3) is 5.56 Å². The summed E-state index contributed by atoms with van der Waals surface area (Å²) >= 11 is 1.39. The van der Waals surface area contributed by atoms with E-state index in [1.54, 1.807) is 52.2 Å². The summed E-state index contributed by atoms with van der Waals surface area (Å²) in [6.07, 6.45) is 2.53. The van der Waals surface area contributed by atoms with E-state index in [0.717, 1.165) is 0 Å². The number of ether oxygens (including phenoxy) is 2. The van der Waals surface area contributed by atoms with Gasteiger partial charge in [-0.2, -0.15) is 5.10 Å². The lowest BCUT2D eigenvalue weighted by Gasteiger charge is -2.19. The van der Waals surface area contributed by atoms with Crippen molar-refractivity contribution in [2.24, 2.45) is 0 Å². The Morgan fingerprint density at radius 3 is 2.62 bits per heavy atom. The van der Waals surface area contributed by atoms with Crippen LogP contribution in [-0.4, -0.2) is 45.6 Å². The molecule has 0 fully saturated rings. The van der Waals surface area contributed by atoms with Crippen molar-refractivity contribution in [2.45, 2.75) is 39.8 Å². The molecule has 0 aliphatic heterocycles. The van der Waals surface area contributed by atoms with Crippen molar-refractivity contribution in [1.29, 1.82) is 0 Å². The summed E-state index contributed by atoms with van der Waals surface area (Å²) in [7, 11) is 0. The van der Waals surface area contributed by atoms with Gasteiger partial charge in [-0.3, -0.25) is 9.78 Å². The van der Waals surface area contributed by atoms with Crippen LogP contribution >= 0.6 is 11.3 Å². The summed E-state index contributed by atoms with van der Waals surface area (Å²) < 4.78 is 11.9. The molecule has 0 aromatic carbocycles. The summed E-state index contributed by atoms with van der Waals surface area (Å²) in [5.74, 6) is -0.742. The number of hydrogen-bond donors (Lipinski definition) is 2. The average molecular weight is 486 g/mol. The number of aromatic nitrogens is 3. The number of nitrogens with one attached hydrogen (secondary N) is 2. The first-order chi connectivity index (χ1) is 16.2. The van der Waals surface area contributed by atoms with Crippen molar-refractivity contribution in [2.75, 3.05) is 18.5 Å². The number of carbonyl (C=O) groups is 2. The number of esters is 1. The van der Waals surface area contributed by atoms with Gasteiger partial charge in [0.2, 0.25) is 0 Å². The SMILES string of the molecule is CCn1nc(-c2cccs2)c(C(=O)OCCNC(=O)OC(C)(C)C)c(Nc2cccnc2)c1=O. The van der Waals surface area contributed by atoms with Crippen LogP contribution in [0.15, 0.2) is 46.8 Å². The second-order valence-electron chi connectivity index (χ2n) is 8.13. The van der Waals surface area contributed by atoms with Crippen molar-refractivity contribution in [1.82, 2.24) is 20.1 Å². The predicted molar refractivity (Wildman–Crippen MR) is 130 cm³/mol. The molecule has 0 saturated carbocycles. The molecule has 180 valence electrons. The van der Waals surface area contributed by atoms with Crippen molar-refractivity contribution in [3.63, 3.8) is 0 Å². The zero-order chi connectivity index (χ0) is 24.7. The Hall–Kier alpha value is -3.73. The van der Waals surface area contributed by atoms with Crippen molar-refractivity contribution >= 4 is 34.8 Å². The highest BCUT2D eigenvalue weighted by Gasteiger charge is 2.26. The fourth-order valence-electron chi connectivity index (χ4n) is 2.95. The Morgan fingerprint density at radius 1 is 1.21 bits per heavy atom. The number of carbonyl (C=O) groups excluding carboxylic acids is 2. The molecule has 3 aromatic heterocycles. The zero-order valence-corrected chi connectivity index (χ0v) is 20.3. The molecule has 0 aliphatic rings. The minimum absolute atomic E-state index is 0.0123. The Morgan fingerprint density at radius 2 is 2.00 bits per heavy atom. The molecule has 11 heteroatoms. The minimum atomic E-state index is -0.742. The average Bonchev–Trinajstić information content (AvgIpc) is 3.32. The molecule has 3 heterocycles. The molecule has 3 aromatic rings. The first kappa shape index (κ1) is 24.9. The molecule has 0 aliphatic carbocycles. The van der Waals surface area contributed by atoms with Crippen LogP contribution in [0.2, 0.25) is 0 Å². The smallest absolute Gasteiger partial charge is 0.407 e. The Bertz CT molecular complexity index is 1190. The highest BCUT2D eigenvalue weighted by molar-refractivity contribution is 7.13. The highest BCUT2D eigenvalue weighted by atomic mass is 32.1. The molecule has 0 saturated heterocycles. The number of hydrogen-bond acceptors (Lipinski definition) is 9. The van der Waals surface area contributed by atoms with Gasteiger partial charge in [0.05, 0.1) is 23.3 Å². The van der Waals surface area contributed by atoms with Crippen molar-refractivity contribution in [3.05, 3.63) is 58.0 Å². The van der Waals surface area contributed by atoms with E-state index in [1.807, 2.05) is 17.5 Å². The molecule has 34 heavy (non-hydrogen) atoms. The zero-order valence-electron chi connectivity index (χ0n) is 19.5. The van der Waals surface area contributed by atoms with E-state index < -0.39 is 23.2 Å². The van der Waals surface area contributed by atoms with E-state index in [1.165, 1.54) is 16.0 Å². The van der Waals surface area contributed by atoms with E-state index in [4.69, 9.17) is 9.47 Å². The first-order valence-corrected chi connectivity index (χ1v) is 11.6. The topological polar surface area (TPSA) is 124 Å². The maximum atomic E-state index is 13.2. The van der Waals surface area contributed by atoms with E-state index in [0.29, 0.717) is 22.8 Å². The summed E-state index contributed by atoms with van der Waals surface area (Å²) in [6, 6.07) is 7.08. The molecule has 0 unspecified atom stereocenters. The third-order valence-corrected chi connectivity index (χ3v) is 5.22. The third-order valence-electron chi connectivity index (χ3n) is 4.35. The number of anilines is 2. The predicted octanol–water partition coefficient (Wildman–Crippen LogP) is 3.81. The maximum Gasteiger partial charge on any atom is 0.407 e. The van der Waals surface area contributed by atoms with Crippen LogP contribution in [0.4, 0.5) is 16.2 Å². The number of alkyl carbamates (subject to hydrolysis) is 1. The van der Waals surface area contributed by atoms with Gasteiger partial charge in [-0.05, 0) is 51.3 Å². The molecular weight excluding hydrogens is 458 g/mol. The number of thiophene rings is 1. The highest BCUT2D eigenvalue weighted by Crippen LogP contribution is 2.30. The van der Waals surface area contributed by atoms with Crippen molar-refractivity contribution < 1.29 is 19.1 Å².